The molecule has 0 aromatic rings. The molecule has 1 aliphatic rings. The first-order chi connectivity index (χ1) is 9.03. The van der Waals surface area contributed by atoms with Crippen LogP contribution in [0.25, 0.3) is 0 Å². The number of ketones is 1. The van der Waals surface area contributed by atoms with E-state index in [1.807, 2.05) is 13.0 Å². The Labute approximate surface area is 119 Å². The highest BCUT2D eigenvalue weighted by atomic mass is 31.2. The second-order valence-corrected chi connectivity index (χ2v) is 7.16. The SMILES string of the molecule is CC(=C=CP(=O)(O)O)C=CC1=C(C)C(=O)CCC1(C)C. The maximum atomic E-state index is 11.8. The fraction of sp³-hybridized carbons (Fsp3) is 0.467. The van der Waals surface area contributed by atoms with Gasteiger partial charge in [-0.2, -0.15) is 0 Å². The number of rotatable bonds is 3. The zero-order chi connectivity index (χ0) is 15.6. The first-order valence-electron chi connectivity index (χ1n) is 6.45. The van der Waals surface area contributed by atoms with Crippen LogP contribution in [0, 0.1) is 5.41 Å². The monoisotopic (exact) mass is 296 g/mol. The topological polar surface area (TPSA) is 74.6 Å². The number of hydrogen-bond acceptors (Lipinski definition) is 2. The van der Waals surface area contributed by atoms with Gasteiger partial charge in [-0.05, 0) is 42.4 Å². The molecule has 5 heteroatoms. The fourth-order valence-corrected chi connectivity index (χ4v) is 2.57. The summed E-state index contributed by atoms with van der Waals surface area (Å²) in [5, 5.41) is 0. The van der Waals surface area contributed by atoms with E-state index in [2.05, 4.69) is 19.6 Å². The van der Waals surface area contributed by atoms with Crippen molar-refractivity contribution in [2.75, 3.05) is 0 Å². The zero-order valence-electron chi connectivity index (χ0n) is 12.3. The summed E-state index contributed by atoms with van der Waals surface area (Å²) in [7, 11) is -4.18. The van der Waals surface area contributed by atoms with Crippen LogP contribution in [-0.2, 0) is 9.36 Å². The van der Waals surface area contributed by atoms with E-state index in [1.54, 1.807) is 13.0 Å². The van der Waals surface area contributed by atoms with Gasteiger partial charge in [-0.15, -0.1) is 5.73 Å². The predicted molar refractivity (Wildman–Crippen MR) is 79.2 cm³/mol. The van der Waals surface area contributed by atoms with Crippen LogP contribution in [0.4, 0.5) is 0 Å². The molecule has 0 unspecified atom stereocenters. The zero-order valence-corrected chi connectivity index (χ0v) is 13.2. The van der Waals surface area contributed by atoms with E-state index in [0.29, 0.717) is 12.0 Å². The highest BCUT2D eigenvalue weighted by Gasteiger charge is 2.30. The molecule has 1 rings (SSSR count). The van der Waals surface area contributed by atoms with Crippen molar-refractivity contribution in [2.24, 2.45) is 5.41 Å². The van der Waals surface area contributed by atoms with Gasteiger partial charge in [0, 0.05) is 6.42 Å². The Morgan fingerprint density at radius 2 is 2.00 bits per heavy atom. The fourth-order valence-electron chi connectivity index (χ4n) is 2.20. The van der Waals surface area contributed by atoms with E-state index in [1.165, 1.54) is 0 Å². The lowest BCUT2D eigenvalue weighted by molar-refractivity contribution is -0.116. The lowest BCUT2D eigenvalue weighted by Crippen LogP contribution is -2.24. The van der Waals surface area contributed by atoms with E-state index >= 15 is 0 Å². The van der Waals surface area contributed by atoms with Gasteiger partial charge in [0.1, 0.15) is 0 Å². The third kappa shape index (κ3) is 4.73. The minimum atomic E-state index is -4.18. The van der Waals surface area contributed by atoms with Crippen molar-refractivity contribution in [3.05, 3.63) is 40.4 Å². The summed E-state index contributed by atoms with van der Waals surface area (Å²) < 4.78 is 10.7. The highest BCUT2D eigenvalue weighted by Crippen LogP contribution is 2.39. The van der Waals surface area contributed by atoms with Gasteiger partial charge in [-0.3, -0.25) is 9.36 Å². The number of hydrogen-bond donors (Lipinski definition) is 2. The molecule has 0 atom stereocenters. The molecule has 0 fully saturated rings. The molecule has 4 nitrogen and oxygen atoms in total. The van der Waals surface area contributed by atoms with Gasteiger partial charge in [-0.1, -0.05) is 26.0 Å². The molecule has 0 radical (unpaired) electrons. The van der Waals surface area contributed by atoms with Crippen molar-refractivity contribution < 1.29 is 19.1 Å². The Balaban J connectivity index is 3.10. The van der Waals surface area contributed by atoms with Gasteiger partial charge in [0.25, 0.3) is 0 Å². The quantitative estimate of drug-likeness (QED) is 0.475. The Bertz CT molecular complexity index is 581. The Morgan fingerprint density at radius 1 is 1.40 bits per heavy atom. The summed E-state index contributed by atoms with van der Waals surface area (Å²) in [6.45, 7) is 7.71. The first kappa shape index (κ1) is 16.9. The number of carbonyl (C=O) groups is 1. The lowest BCUT2D eigenvalue weighted by atomic mass is 9.72. The van der Waals surface area contributed by atoms with E-state index in [-0.39, 0.29) is 11.2 Å². The van der Waals surface area contributed by atoms with Crippen LogP contribution in [0.15, 0.2) is 40.4 Å². The number of Topliss-reactive ketones (excluding diaryl/α,β-unsaturated/α-hetero) is 1. The van der Waals surface area contributed by atoms with Crippen LogP contribution in [0.2, 0.25) is 0 Å². The van der Waals surface area contributed by atoms with Crippen LogP contribution in [0.3, 0.4) is 0 Å². The Hall–Kier alpha value is -1.18. The summed E-state index contributed by atoms with van der Waals surface area (Å²) in [5.74, 6) is 0.918. The van der Waals surface area contributed by atoms with E-state index < -0.39 is 7.60 Å². The van der Waals surface area contributed by atoms with Crippen molar-refractivity contribution >= 4 is 13.4 Å². The van der Waals surface area contributed by atoms with Crippen molar-refractivity contribution in [2.45, 2.75) is 40.5 Å². The predicted octanol–water partition coefficient (Wildman–Crippen LogP) is 3.48. The highest BCUT2D eigenvalue weighted by molar-refractivity contribution is 7.55. The summed E-state index contributed by atoms with van der Waals surface area (Å²) in [6, 6.07) is 0. The van der Waals surface area contributed by atoms with Crippen LogP contribution >= 0.6 is 7.60 Å². The third-order valence-electron chi connectivity index (χ3n) is 3.49. The van der Waals surface area contributed by atoms with Crippen LogP contribution in [0.5, 0.6) is 0 Å². The largest absolute Gasteiger partial charge is 0.356 e. The lowest BCUT2D eigenvalue weighted by Gasteiger charge is -2.32. The molecule has 0 saturated heterocycles. The molecule has 0 amide bonds. The van der Waals surface area contributed by atoms with Crippen molar-refractivity contribution in [1.29, 1.82) is 0 Å². The molecule has 1 aliphatic carbocycles. The normalized spacial score (nSPS) is 19.2. The summed E-state index contributed by atoms with van der Waals surface area (Å²) in [5.41, 5.74) is 4.83. The molecule has 0 aromatic carbocycles. The average Bonchev–Trinajstić information content (AvgIpc) is 2.31. The minimum absolute atomic E-state index is 0.0677. The third-order valence-corrected chi connectivity index (χ3v) is 3.95. The van der Waals surface area contributed by atoms with Gasteiger partial charge in [0.05, 0.1) is 5.82 Å². The van der Waals surface area contributed by atoms with E-state index in [0.717, 1.165) is 23.4 Å². The van der Waals surface area contributed by atoms with Crippen molar-refractivity contribution in [3.63, 3.8) is 0 Å². The molecule has 0 spiro atoms. The molecule has 0 saturated carbocycles. The van der Waals surface area contributed by atoms with Gasteiger partial charge in [0.15, 0.2) is 5.78 Å². The maximum Gasteiger partial charge on any atom is 0.356 e. The van der Waals surface area contributed by atoms with Crippen LogP contribution in [0.1, 0.15) is 40.5 Å². The summed E-state index contributed by atoms with van der Waals surface area (Å²) >= 11 is 0. The molecule has 110 valence electrons. The molecule has 2 N–H and O–H groups in total. The maximum absolute atomic E-state index is 11.8. The van der Waals surface area contributed by atoms with Crippen molar-refractivity contribution in [1.82, 2.24) is 0 Å². The standard InChI is InChI=1S/C15H21O4P/c1-11(8-10-20(17,18)19)5-6-13-12(2)14(16)7-9-15(13,3)4/h5-6,10H,7,9H2,1-4H3,(H2,17,18,19). The average molecular weight is 296 g/mol. The molecule has 0 bridgehead atoms. The Morgan fingerprint density at radius 3 is 2.55 bits per heavy atom. The molecule has 0 aromatic heterocycles. The second-order valence-electron chi connectivity index (χ2n) is 5.72. The van der Waals surface area contributed by atoms with E-state index in [4.69, 9.17) is 9.79 Å². The smallest absolute Gasteiger partial charge is 0.321 e. The number of allylic oxidation sites excluding steroid dienone is 5. The van der Waals surface area contributed by atoms with Crippen molar-refractivity contribution in [3.8, 4) is 0 Å². The Kier molecular flexibility index (Phi) is 5.12. The van der Waals surface area contributed by atoms with E-state index in [9.17, 15) is 9.36 Å². The van der Waals surface area contributed by atoms with Gasteiger partial charge in [-0.25, -0.2) is 0 Å². The first-order valence-corrected chi connectivity index (χ1v) is 8.13. The van der Waals surface area contributed by atoms with Gasteiger partial charge in [0.2, 0.25) is 0 Å². The summed E-state index contributed by atoms with van der Waals surface area (Å²) in [4.78, 5) is 29.3. The second kappa shape index (κ2) is 6.07. The molecule has 0 heterocycles. The van der Waals surface area contributed by atoms with Gasteiger partial charge >= 0.3 is 7.60 Å². The molecular formula is C15H21O4P. The number of carbonyl (C=O) groups excluding carboxylic acids is 1. The summed E-state index contributed by atoms with van der Waals surface area (Å²) in [6.07, 6.45) is 4.96. The molecule has 0 aliphatic heterocycles. The van der Waals surface area contributed by atoms with Crippen LogP contribution < -0.4 is 0 Å². The molecular weight excluding hydrogens is 275 g/mol. The van der Waals surface area contributed by atoms with Gasteiger partial charge < -0.3 is 9.79 Å². The minimum Gasteiger partial charge on any atom is -0.321 e. The van der Waals surface area contributed by atoms with Crippen LogP contribution in [-0.4, -0.2) is 15.6 Å². The molecule has 20 heavy (non-hydrogen) atoms.